The highest BCUT2D eigenvalue weighted by atomic mass is 16.6. The van der Waals surface area contributed by atoms with E-state index in [9.17, 15) is 4.79 Å². The number of hydrogen-bond acceptors (Lipinski definition) is 3. The second kappa shape index (κ2) is 6.16. The molecule has 0 aliphatic carbocycles. The van der Waals surface area contributed by atoms with Crippen molar-refractivity contribution in [1.29, 1.82) is 0 Å². The van der Waals surface area contributed by atoms with E-state index in [1.54, 1.807) is 6.92 Å². The molecule has 1 aromatic rings. The number of aryl methyl sites for hydroxylation is 2. The first-order chi connectivity index (χ1) is 7.65. The number of carbonyl (C=O) groups excluding carboxylic acids is 1. The number of carbonyl (C=O) groups is 1. The second-order valence-electron chi connectivity index (χ2n) is 3.64. The van der Waals surface area contributed by atoms with Gasteiger partial charge >= 0.3 is 5.97 Å². The second-order valence-corrected chi connectivity index (χ2v) is 3.64. The number of ether oxygens (including phenoxy) is 2. The molecule has 0 saturated carbocycles. The Morgan fingerprint density at radius 1 is 1.19 bits per heavy atom. The Morgan fingerprint density at radius 3 is 2.38 bits per heavy atom. The predicted octanol–water partition coefficient (Wildman–Crippen LogP) is 2.64. The van der Waals surface area contributed by atoms with E-state index in [4.69, 9.17) is 9.47 Å². The first-order valence-electron chi connectivity index (χ1n) is 5.49. The molecule has 88 valence electrons. The van der Waals surface area contributed by atoms with Crippen LogP contribution in [0.3, 0.4) is 0 Å². The zero-order valence-electron chi connectivity index (χ0n) is 10.1. The van der Waals surface area contributed by atoms with Crippen molar-refractivity contribution in [2.75, 3.05) is 13.2 Å². The van der Waals surface area contributed by atoms with Crippen molar-refractivity contribution in [3.8, 4) is 5.75 Å². The molecule has 0 fully saturated rings. The molecule has 0 radical (unpaired) electrons. The molecule has 0 saturated heterocycles. The van der Waals surface area contributed by atoms with Gasteiger partial charge in [-0.1, -0.05) is 25.1 Å². The van der Waals surface area contributed by atoms with Crippen molar-refractivity contribution in [2.45, 2.75) is 27.2 Å². The molecule has 0 bridgehead atoms. The Labute approximate surface area is 96.4 Å². The molecule has 0 aliphatic heterocycles. The Hall–Kier alpha value is -1.51. The topological polar surface area (TPSA) is 35.5 Å². The zero-order chi connectivity index (χ0) is 12.0. The third-order valence-electron chi connectivity index (χ3n) is 2.29. The van der Waals surface area contributed by atoms with Crippen molar-refractivity contribution in [3.63, 3.8) is 0 Å². The lowest BCUT2D eigenvalue weighted by Crippen LogP contribution is -2.12. The number of hydrogen-bond donors (Lipinski definition) is 0. The summed E-state index contributed by atoms with van der Waals surface area (Å²) >= 11 is 0. The molecule has 0 heterocycles. The van der Waals surface area contributed by atoms with Crippen LogP contribution in [-0.2, 0) is 9.53 Å². The van der Waals surface area contributed by atoms with Crippen LogP contribution in [0.4, 0.5) is 0 Å². The summed E-state index contributed by atoms with van der Waals surface area (Å²) in [4.78, 5) is 10.9. The lowest BCUT2D eigenvalue weighted by Gasteiger charge is -2.11. The molecule has 0 atom stereocenters. The van der Waals surface area contributed by atoms with E-state index in [1.807, 2.05) is 32.0 Å². The molecule has 16 heavy (non-hydrogen) atoms. The van der Waals surface area contributed by atoms with Crippen LogP contribution in [0.25, 0.3) is 0 Å². The highest BCUT2D eigenvalue weighted by molar-refractivity contribution is 5.68. The molecule has 0 aliphatic rings. The van der Waals surface area contributed by atoms with Crippen LogP contribution < -0.4 is 4.74 Å². The minimum atomic E-state index is -0.190. The van der Waals surface area contributed by atoms with Crippen molar-refractivity contribution in [3.05, 3.63) is 29.3 Å². The van der Waals surface area contributed by atoms with Crippen LogP contribution in [0.5, 0.6) is 5.75 Å². The van der Waals surface area contributed by atoms with Gasteiger partial charge in [0.1, 0.15) is 19.0 Å². The molecule has 1 rings (SSSR count). The van der Waals surface area contributed by atoms with Gasteiger partial charge in [0.05, 0.1) is 0 Å². The van der Waals surface area contributed by atoms with Crippen LogP contribution in [0, 0.1) is 13.8 Å². The van der Waals surface area contributed by atoms with Crippen molar-refractivity contribution >= 4 is 5.97 Å². The van der Waals surface area contributed by atoms with Crippen LogP contribution >= 0.6 is 0 Å². The summed E-state index contributed by atoms with van der Waals surface area (Å²) in [5, 5.41) is 0. The fourth-order valence-corrected chi connectivity index (χ4v) is 1.43. The first-order valence-corrected chi connectivity index (χ1v) is 5.49. The molecule has 1 aromatic carbocycles. The van der Waals surface area contributed by atoms with Gasteiger partial charge in [-0.05, 0) is 25.0 Å². The summed E-state index contributed by atoms with van der Waals surface area (Å²) in [6, 6.07) is 6.00. The molecule has 3 heteroatoms. The quantitative estimate of drug-likeness (QED) is 0.567. The maximum atomic E-state index is 10.9. The van der Waals surface area contributed by atoms with E-state index in [0.29, 0.717) is 19.6 Å². The average molecular weight is 222 g/mol. The summed E-state index contributed by atoms with van der Waals surface area (Å²) < 4.78 is 10.5. The molecular formula is C13H18O3. The van der Waals surface area contributed by atoms with Gasteiger partial charge in [0.2, 0.25) is 0 Å². The van der Waals surface area contributed by atoms with Crippen molar-refractivity contribution in [2.24, 2.45) is 0 Å². The summed E-state index contributed by atoms with van der Waals surface area (Å²) in [5.74, 6) is 0.695. The number of para-hydroxylation sites is 1. The summed E-state index contributed by atoms with van der Waals surface area (Å²) in [5.41, 5.74) is 2.20. The van der Waals surface area contributed by atoms with Gasteiger partial charge in [-0.2, -0.15) is 0 Å². The van der Waals surface area contributed by atoms with Gasteiger partial charge in [0.15, 0.2) is 0 Å². The molecule has 0 N–H and O–H groups in total. The summed E-state index contributed by atoms with van der Waals surface area (Å²) in [7, 11) is 0. The van der Waals surface area contributed by atoms with Crippen molar-refractivity contribution in [1.82, 2.24) is 0 Å². The maximum Gasteiger partial charge on any atom is 0.305 e. The fourth-order valence-electron chi connectivity index (χ4n) is 1.43. The molecule has 0 amide bonds. The fraction of sp³-hybridized carbons (Fsp3) is 0.462. The van der Waals surface area contributed by atoms with Crippen LogP contribution in [0.15, 0.2) is 18.2 Å². The van der Waals surface area contributed by atoms with E-state index in [0.717, 1.165) is 16.9 Å². The maximum absolute atomic E-state index is 10.9. The van der Waals surface area contributed by atoms with Gasteiger partial charge in [0.25, 0.3) is 0 Å². The molecule has 0 aromatic heterocycles. The van der Waals surface area contributed by atoms with E-state index >= 15 is 0 Å². The lowest BCUT2D eigenvalue weighted by molar-refractivity contribution is -0.143. The van der Waals surface area contributed by atoms with Crippen LogP contribution in [0.2, 0.25) is 0 Å². The monoisotopic (exact) mass is 222 g/mol. The van der Waals surface area contributed by atoms with Gasteiger partial charge in [-0.3, -0.25) is 4.79 Å². The number of benzene rings is 1. The van der Waals surface area contributed by atoms with E-state index in [-0.39, 0.29) is 5.97 Å². The van der Waals surface area contributed by atoms with Gasteiger partial charge in [0, 0.05) is 6.42 Å². The highest BCUT2D eigenvalue weighted by Gasteiger charge is 2.03. The minimum Gasteiger partial charge on any atom is -0.489 e. The van der Waals surface area contributed by atoms with Gasteiger partial charge in [-0.25, -0.2) is 0 Å². The van der Waals surface area contributed by atoms with Gasteiger partial charge in [-0.15, -0.1) is 0 Å². The smallest absolute Gasteiger partial charge is 0.305 e. The lowest BCUT2D eigenvalue weighted by atomic mass is 10.1. The zero-order valence-corrected chi connectivity index (χ0v) is 10.1. The molecular weight excluding hydrogens is 204 g/mol. The molecule has 0 spiro atoms. The predicted molar refractivity (Wildman–Crippen MR) is 62.7 cm³/mol. The summed E-state index contributed by atoms with van der Waals surface area (Å²) in [6.07, 6.45) is 0.406. The van der Waals surface area contributed by atoms with E-state index in [1.165, 1.54) is 0 Å². The summed E-state index contributed by atoms with van der Waals surface area (Å²) in [6.45, 7) is 6.48. The molecule has 0 unspecified atom stereocenters. The first kappa shape index (κ1) is 12.6. The average Bonchev–Trinajstić information content (AvgIpc) is 2.27. The third kappa shape index (κ3) is 3.57. The number of esters is 1. The molecule has 3 nitrogen and oxygen atoms in total. The largest absolute Gasteiger partial charge is 0.489 e. The minimum absolute atomic E-state index is 0.190. The third-order valence-corrected chi connectivity index (χ3v) is 2.29. The van der Waals surface area contributed by atoms with Gasteiger partial charge < -0.3 is 9.47 Å². The van der Waals surface area contributed by atoms with Crippen LogP contribution in [-0.4, -0.2) is 19.2 Å². The van der Waals surface area contributed by atoms with Crippen molar-refractivity contribution < 1.29 is 14.3 Å². The Balaban J connectivity index is 2.40. The Kier molecular flexibility index (Phi) is 4.83. The number of rotatable bonds is 5. The van der Waals surface area contributed by atoms with E-state index < -0.39 is 0 Å². The normalized spacial score (nSPS) is 9.94. The Morgan fingerprint density at radius 2 is 1.81 bits per heavy atom. The van der Waals surface area contributed by atoms with E-state index in [2.05, 4.69) is 0 Å². The SMILES string of the molecule is CCC(=O)OCCOc1c(C)cccc1C. The van der Waals surface area contributed by atoms with Crippen LogP contribution in [0.1, 0.15) is 24.5 Å². The Bertz CT molecular complexity index is 338. The highest BCUT2D eigenvalue weighted by Crippen LogP contribution is 2.21. The standard InChI is InChI=1S/C13H18O3/c1-4-12(14)15-8-9-16-13-10(2)6-5-7-11(13)3/h5-7H,4,8-9H2,1-3H3.